The highest BCUT2D eigenvalue weighted by Gasteiger charge is 2.38. The lowest BCUT2D eigenvalue weighted by Gasteiger charge is -2.40. The summed E-state index contributed by atoms with van der Waals surface area (Å²) in [4.78, 5) is 14.4. The second kappa shape index (κ2) is 12.6. The maximum Gasteiger partial charge on any atom is 0.320 e. The Morgan fingerprint density at radius 3 is 2.03 bits per heavy atom. The van der Waals surface area contributed by atoms with Crippen LogP contribution in [-0.4, -0.2) is 57.0 Å². The van der Waals surface area contributed by atoms with Crippen LogP contribution in [0.1, 0.15) is 42.0 Å². The third-order valence-corrected chi connectivity index (χ3v) is 6.92. The number of methoxy groups -OCH3 is 4. The van der Waals surface area contributed by atoms with Gasteiger partial charge in [-0.25, -0.2) is 0 Å². The summed E-state index contributed by atoms with van der Waals surface area (Å²) in [6, 6.07) is 18.0. The Labute approximate surface area is 223 Å². The number of piperidine rings is 1. The molecule has 0 aromatic heterocycles. The standard InChI is InChI=1S/C30H35NO7/c1-34-23-14-10-15-24(35-2)27(23)28(31-16-9-8-13-22(31)30(32)33)21-17-25(36-3)29(26(18-21)37-4)38-19-20-11-6-5-7-12-20/h5-7,10-12,14-15,17-18,22,28H,8-9,13,16,19H2,1-4H3,(H,32,33). The van der Waals surface area contributed by atoms with Crippen LogP contribution in [0.3, 0.4) is 0 Å². The molecule has 8 nitrogen and oxygen atoms in total. The van der Waals surface area contributed by atoms with E-state index in [0.29, 0.717) is 48.3 Å². The van der Waals surface area contributed by atoms with Crippen molar-refractivity contribution < 1.29 is 33.6 Å². The highest BCUT2D eigenvalue weighted by atomic mass is 16.5. The molecule has 1 saturated heterocycles. The number of hydrogen-bond acceptors (Lipinski definition) is 7. The van der Waals surface area contributed by atoms with Gasteiger partial charge < -0.3 is 28.8 Å². The van der Waals surface area contributed by atoms with E-state index in [1.807, 2.05) is 65.6 Å². The monoisotopic (exact) mass is 521 g/mol. The molecule has 0 radical (unpaired) electrons. The molecule has 8 heteroatoms. The molecular weight excluding hydrogens is 486 g/mol. The Kier molecular flexibility index (Phi) is 8.97. The minimum absolute atomic E-state index is 0.337. The Balaban J connectivity index is 1.87. The topological polar surface area (TPSA) is 86.7 Å². The molecule has 0 bridgehead atoms. The number of carboxylic acid groups (broad SMARTS) is 1. The van der Waals surface area contributed by atoms with Gasteiger partial charge in [0.15, 0.2) is 11.5 Å². The van der Waals surface area contributed by atoms with Gasteiger partial charge in [0, 0.05) is 0 Å². The Hall–Kier alpha value is -3.91. The highest BCUT2D eigenvalue weighted by molar-refractivity contribution is 5.74. The van der Waals surface area contributed by atoms with Crippen LogP contribution < -0.4 is 23.7 Å². The number of rotatable bonds is 11. The van der Waals surface area contributed by atoms with E-state index in [1.54, 1.807) is 28.4 Å². The van der Waals surface area contributed by atoms with Crippen LogP contribution in [0, 0.1) is 0 Å². The fourth-order valence-electron chi connectivity index (χ4n) is 5.13. The first-order valence-corrected chi connectivity index (χ1v) is 12.6. The second-order valence-electron chi connectivity index (χ2n) is 9.10. The number of benzene rings is 3. The SMILES string of the molecule is COc1cc(C(c2c(OC)cccc2OC)N2CCCCC2C(=O)O)cc(OC)c1OCc1ccccc1. The van der Waals surface area contributed by atoms with E-state index in [-0.39, 0.29) is 0 Å². The second-order valence-corrected chi connectivity index (χ2v) is 9.10. The largest absolute Gasteiger partial charge is 0.496 e. The molecule has 38 heavy (non-hydrogen) atoms. The van der Waals surface area contributed by atoms with Gasteiger partial charge in [-0.2, -0.15) is 0 Å². The van der Waals surface area contributed by atoms with E-state index in [2.05, 4.69) is 0 Å². The van der Waals surface area contributed by atoms with Crippen molar-refractivity contribution in [2.75, 3.05) is 35.0 Å². The molecule has 0 aliphatic carbocycles. The Bertz CT molecular complexity index is 1180. The highest BCUT2D eigenvalue weighted by Crippen LogP contribution is 2.47. The van der Waals surface area contributed by atoms with E-state index in [1.165, 1.54) is 0 Å². The summed E-state index contributed by atoms with van der Waals surface area (Å²) in [5, 5.41) is 10.2. The van der Waals surface area contributed by atoms with Crippen LogP contribution in [0.2, 0.25) is 0 Å². The van der Waals surface area contributed by atoms with Crippen molar-refractivity contribution in [1.29, 1.82) is 0 Å². The molecule has 202 valence electrons. The van der Waals surface area contributed by atoms with E-state index >= 15 is 0 Å². The summed E-state index contributed by atoms with van der Waals surface area (Å²) >= 11 is 0. The van der Waals surface area contributed by atoms with Crippen LogP contribution in [0.15, 0.2) is 60.7 Å². The lowest BCUT2D eigenvalue weighted by molar-refractivity contribution is -0.145. The number of carboxylic acids is 1. The molecule has 0 spiro atoms. The zero-order valence-electron chi connectivity index (χ0n) is 22.3. The van der Waals surface area contributed by atoms with Crippen molar-refractivity contribution >= 4 is 5.97 Å². The molecule has 1 heterocycles. The molecule has 0 amide bonds. The average Bonchev–Trinajstić information content (AvgIpc) is 2.96. The number of hydrogen-bond donors (Lipinski definition) is 1. The minimum Gasteiger partial charge on any atom is -0.496 e. The van der Waals surface area contributed by atoms with E-state index < -0.39 is 18.1 Å². The maximum atomic E-state index is 12.4. The van der Waals surface area contributed by atoms with Crippen LogP contribution in [0.25, 0.3) is 0 Å². The van der Waals surface area contributed by atoms with Crippen molar-refractivity contribution in [1.82, 2.24) is 4.90 Å². The quantitative estimate of drug-likeness (QED) is 0.362. The Morgan fingerprint density at radius 1 is 0.868 bits per heavy atom. The molecule has 1 N–H and O–H groups in total. The molecule has 1 fully saturated rings. The van der Waals surface area contributed by atoms with Crippen molar-refractivity contribution in [3.05, 3.63) is 77.4 Å². The predicted octanol–water partition coefficient (Wildman–Crippen LogP) is 5.33. The number of likely N-dealkylation sites (tertiary alicyclic amines) is 1. The van der Waals surface area contributed by atoms with Gasteiger partial charge in [0.25, 0.3) is 0 Å². The Morgan fingerprint density at radius 2 is 1.47 bits per heavy atom. The number of nitrogens with zero attached hydrogens (tertiary/aromatic N) is 1. The van der Waals surface area contributed by atoms with E-state index in [4.69, 9.17) is 23.7 Å². The van der Waals surface area contributed by atoms with Gasteiger partial charge in [0.05, 0.1) is 40.0 Å². The lowest BCUT2D eigenvalue weighted by Crippen LogP contribution is -2.47. The van der Waals surface area contributed by atoms with Gasteiger partial charge in [-0.05, 0) is 54.8 Å². The third kappa shape index (κ3) is 5.65. The van der Waals surface area contributed by atoms with Crippen molar-refractivity contribution in [3.8, 4) is 28.7 Å². The van der Waals surface area contributed by atoms with Crippen molar-refractivity contribution in [2.45, 2.75) is 38.0 Å². The number of carbonyl (C=O) groups is 1. The summed E-state index contributed by atoms with van der Waals surface area (Å²) in [5.74, 6) is 1.79. The lowest BCUT2D eigenvalue weighted by atomic mass is 9.90. The zero-order valence-corrected chi connectivity index (χ0v) is 22.3. The van der Waals surface area contributed by atoms with Gasteiger partial charge >= 0.3 is 5.97 Å². The molecule has 2 atom stereocenters. The summed E-state index contributed by atoms with van der Waals surface area (Å²) < 4.78 is 29.2. The summed E-state index contributed by atoms with van der Waals surface area (Å²) in [6.45, 7) is 0.934. The summed E-state index contributed by atoms with van der Waals surface area (Å²) in [7, 11) is 6.35. The molecule has 3 aromatic carbocycles. The first-order chi connectivity index (χ1) is 18.5. The summed E-state index contributed by atoms with van der Waals surface area (Å²) in [5.41, 5.74) is 2.53. The van der Waals surface area contributed by atoms with E-state index in [9.17, 15) is 9.90 Å². The number of aliphatic carboxylic acids is 1. The normalized spacial score (nSPS) is 16.4. The van der Waals surface area contributed by atoms with Crippen LogP contribution in [0.4, 0.5) is 0 Å². The first-order valence-electron chi connectivity index (χ1n) is 12.6. The first kappa shape index (κ1) is 27.1. The van der Waals surface area contributed by atoms with Gasteiger partial charge in [-0.1, -0.05) is 42.8 Å². The van der Waals surface area contributed by atoms with Crippen molar-refractivity contribution in [3.63, 3.8) is 0 Å². The van der Waals surface area contributed by atoms with Crippen LogP contribution in [0.5, 0.6) is 28.7 Å². The van der Waals surface area contributed by atoms with Crippen molar-refractivity contribution in [2.24, 2.45) is 0 Å². The fourth-order valence-corrected chi connectivity index (χ4v) is 5.13. The molecule has 4 rings (SSSR count). The molecule has 1 aliphatic rings. The predicted molar refractivity (Wildman–Crippen MR) is 144 cm³/mol. The minimum atomic E-state index is -0.856. The third-order valence-electron chi connectivity index (χ3n) is 6.92. The molecule has 3 aromatic rings. The van der Waals surface area contributed by atoms with Gasteiger partial charge in [0.1, 0.15) is 24.1 Å². The molecule has 2 unspecified atom stereocenters. The van der Waals surface area contributed by atoms with E-state index in [0.717, 1.165) is 29.5 Å². The number of ether oxygens (including phenoxy) is 5. The maximum absolute atomic E-state index is 12.4. The van der Waals surface area contributed by atoms with Gasteiger partial charge in [0.2, 0.25) is 5.75 Å². The van der Waals surface area contributed by atoms with Crippen LogP contribution >= 0.6 is 0 Å². The molecule has 1 aliphatic heterocycles. The molecular formula is C30H35NO7. The fraction of sp³-hybridized carbons (Fsp3) is 0.367. The van der Waals surface area contributed by atoms with Gasteiger partial charge in [-0.3, -0.25) is 9.69 Å². The van der Waals surface area contributed by atoms with Gasteiger partial charge in [-0.15, -0.1) is 0 Å². The summed E-state index contributed by atoms with van der Waals surface area (Å²) in [6.07, 6.45) is 2.28. The molecule has 0 saturated carbocycles. The smallest absolute Gasteiger partial charge is 0.320 e. The van der Waals surface area contributed by atoms with Crippen LogP contribution in [-0.2, 0) is 11.4 Å². The zero-order chi connectivity index (χ0) is 27.1. The average molecular weight is 522 g/mol.